The third-order valence-corrected chi connectivity index (χ3v) is 14.4. The molecule has 1 aromatic heterocycles. The summed E-state index contributed by atoms with van der Waals surface area (Å²) in [5.41, 5.74) is 12.5. The molecule has 2 aliphatic heterocycles. The quantitative estimate of drug-likeness (QED) is 0.122. The number of anilines is 7. The van der Waals surface area contributed by atoms with E-state index in [2.05, 4.69) is 217 Å². The van der Waals surface area contributed by atoms with E-state index in [9.17, 15) is 0 Å². The largest absolute Gasteiger partial charge is 0.0561 e. The Hall–Kier alpha value is -4.85. The normalized spacial score (nSPS) is 13.6. The van der Waals surface area contributed by atoms with Gasteiger partial charge in [-0.25, -0.2) is 0 Å². The molecule has 7 heteroatoms. The van der Waals surface area contributed by atoms with Crippen molar-refractivity contribution in [1.82, 2.24) is 4.98 Å². The second-order valence-electron chi connectivity index (χ2n) is 18.8. The molecule has 312 valence electrons. The van der Waals surface area contributed by atoms with E-state index in [1.165, 1.54) is 40.7 Å². The molecule has 0 saturated carbocycles. The molecule has 0 N–H and O–H groups in total. The summed E-state index contributed by atoms with van der Waals surface area (Å²) in [6, 6.07) is 55.1. The molecule has 0 amide bonds. The van der Waals surface area contributed by atoms with E-state index < -0.39 is 20.9 Å². The van der Waals surface area contributed by atoms with Crippen LogP contribution in [0.2, 0.25) is 0 Å². The molecule has 0 unspecified atom stereocenters. The zero-order valence-electron chi connectivity index (χ0n) is 36.3. The molecule has 5 nitrogen and oxygen atoms in total. The summed E-state index contributed by atoms with van der Waals surface area (Å²) in [7, 11) is 0. The fourth-order valence-electron chi connectivity index (χ4n) is 7.79. The Bertz CT molecular complexity index is 2700. The van der Waals surface area contributed by atoms with Gasteiger partial charge in [0.2, 0.25) is 0 Å². The van der Waals surface area contributed by atoms with Crippen LogP contribution in [-0.4, -0.2) is 25.9 Å². The summed E-state index contributed by atoms with van der Waals surface area (Å²) in [5.74, 6) is 2.14. The first-order chi connectivity index (χ1) is 28.6. The van der Waals surface area contributed by atoms with Crippen LogP contribution < -0.4 is 26.7 Å². The van der Waals surface area contributed by atoms with Gasteiger partial charge in [0.1, 0.15) is 0 Å². The van der Waals surface area contributed by atoms with Crippen LogP contribution in [0.1, 0.15) is 79.0 Å². The molecule has 2 aliphatic rings. The van der Waals surface area contributed by atoms with Gasteiger partial charge < -0.3 is 0 Å². The Morgan fingerprint density at radius 1 is 0.574 bits per heavy atom. The molecule has 0 atom stereocenters. The molecule has 0 aliphatic carbocycles. The van der Waals surface area contributed by atoms with E-state index >= 15 is 0 Å². The Morgan fingerprint density at radius 3 is 1.95 bits per heavy atom. The number of para-hydroxylation sites is 2. The molecule has 0 fully saturated rings. The molecule has 9 rings (SSSR count). The zero-order chi connectivity index (χ0) is 42.0. The van der Waals surface area contributed by atoms with Crippen LogP contribution in [0.4, 0.5) is 39.9 Å². The predicted octanol–water partition coefficient (Wildman–Crippen LogP) is 12.9. The molecule has 0 radical (unpaired) electrons. The number of pyridine rings is 1. The first kappa shape index (κ1) is 42.8. The van der Waals surface area contributed by atoms with Crippen LogP contribution in [0, 0.1) is 18.8 Å². The number of ether oxygens (including phenoxy) is 1. The van der Waals surface area contributed by atoms with Gasteiger partial charge in [0.15, 0.2) is 0 Å². The third kappa shape index (κ3) is 8.53. The molecular formula is C54H51N4OPtTe-3. The summed E-state index contributed by atoms with van der Waals surface area (Å²) in [5, 5.41) is 0. The Kier molecular flexibility index (Phi) is 11.5. The van der Waals surface area contributed by atoms with Crippen LogP contribution >= 0.6 is 0 Å². The van der Waals surface area contributed by atoms with Gasteiger partial charge in [-0.15, -0.1) is 0 Å². The number of nitrogens with zero attached hydrogens (tertiary/aromatic N) is 4. The molecule has 7 aromatic rings. The predicted molar refractivity (Wildman–Crippen MR) is 251 cm³/mol. The maximum Gasteiger partial charge on any atom is 0 e. The van der Waals surface area contributed by atoms with Gasteiger partial charge in [-0.2, -0.15) is 0 Å². The van der Waals surface area contributed by atoms with Gasteiger partial charge in [-0.3, -0.25) is 0 Å². The summed E-state index contributed by atoms with van der Waals surface area (Å²) in [4.78, 5) is 11.8. The van der Waals surface area contributed by atoms with Gasteiger partial charge in [0.05, 0.1) is 0 Å². The summed E-state index contributed by atoms with van der Waals surface area (Å²) >= 11 is -0.651. The molecule has 0 spiro atoms. The number of hydrogen-bond donors (Lipinski definition) is 0. The van der Waals surface area contributed by atoms with Crippen molar-refractivity contribution in [3.05, 3.63) is 175 Å². The van der Waals surface area contributed by atoms with Crippen LogP contribution in [0.5, 0.6) is 11.5 Å². The van der Waals surface area contributed by atoms with Crippen molar-refractivity contribution in [1.29, 1.82) is 0 Å². The van der Waals surface area contributed by atoms with Crippen LogP contribution in [0.15, 0.2) is 140 Å². The average Bonchev–Trinajstić information content (AvgIpc) is 3.62. The van der Waals surface area contributed by atoms with E-state index in [1.807, 2.05) is 18.3 Å². The standard InChI is InChI=1S/C54H51N4OTe.Pt/c1-52(2,3)37-27-28-55-50(32-37)58-45-22-13-14-24-48(45)60-49-26-25-43(34-47(49)58)59-42-20-15-19-40(33-42)56-35-57(41-30-38(53(4,5)6)29-39(31-41)54(7,8)9)51-44(21-16-23-46(51)56)36-17-11-10-12-18-36;/h10-32,35H,1-9H3;/q-3;. The number of aromatic nitrogens is 1. The molecule has 6 aromatic carbocycles. The second kappa shape index (κ2) is 16.4. The van der Waals surface area contributed by atoms with Crippen molar-refractivity contribution in [2.75, 3.05) is 14.7 Å². The number of rotatable bonds is 6. The molecular weight excluding hydrogens is 1040 g/mol. The molecule has 61 heavy (non-hydrogen) atoms. The van der Waals surface area contributed by atoms with E-state index in [4.69, 9.17) is 9.72 Å². The smallest absolute Gasteiger partial charge is 0 e. The fourth-order valence-corrected chi connectivity index (χ4v) is 10.7. The number of hydrogen-bond acceptors (Lipinski definition) is 5. The molecule has 0 bridgehead atoms. The topological polar surface area (TPSA) is 31.8 Å². The van der Waals surface area contributed by atoms with Gasteiger partial charge in [-0.1, -0.05) is 84.0 Å². The van der Waals surface area contributed by atoms with Gasteiger partial charge in [-0.05, 0) is 39.7 Å². The van der Waals surface area contributed by atoms with Crippen molar-refractivity contribution in [3.8, 4) is 22.6 Å². The maximum atomic E-state index is 6.70. The Morgan fingerprint density at radius 2 is 1.23 bits per heavy atom. The SMILES string of the molecule is CC(C)(C)c1cc(N2[CH-]N(c3[c-]c(Oc4[c-]c5c(cc4)[Te]c4ccccc4N5c4cc(C(C)(C)C)ccn4)ccc3)c3cccc(-c4ccccc4)c32)cc(C(C)(C)C)c1.[Pt]. The Labute approximate surface area is 387 Å². The van der Waals surface area contributed by atoms with Crippen molar-refractivity contribution in [2.45, 2.75) is 78.6 Å². The molecule has 3 heterocycles. The minimum atomic E-state index is -0.651. The van der Waals surface area contributed by atoms with Crippen LogP contribution in [-0.2, 0) is 37.3 Å². The van der Waals surface area contributed by atoms with Gasteiger partial charge >= 0.3 is 245 Å². The number of benzene rings is 6. The van der Waals surface area contributed by atoms with Crippen LogP contribution in [0.25, 0.3) is 11.1 Å². The van der Waals surface area contributed by atoms with E-state index in [-0.39, 0.29) is 37.3 Å². The van der Waals surface area contributed by atoms with E-state index in [0.29, 0.717) is 11.5 Å². The van der Waals surface area contributed by atoms with E-state index in [1.54, 1.807) is 0 Å². The fraction of sp³-hybridized carbons (Fsp3) is 0.222. The third-order valence-electron chi connectivity index (χ3n) is 11.2. The first-order valence-electron chi connectivity index (χ1n) is 20.7. The summed E-state index contributed by atoms with van der Waals surface area (Å²) in [6.45, 7) is 22.7. The van der Waals surface area contributed by atoms with Gasteiger partial charge in [0.25, 0.3) is 0 Å². The summed E-state index contributed by atoms with van der Waals surface area (Å²) in [6.07, 6.45) is 1.92. The minimum absolute atomic E-state index is 0. The second-order valence-corrected chi connectivity index (χ2v) is 21.9. The van der Waals surface area contributed by atoms with Crippen molar-refractivity contribution in [3.63, 3.8) is 0 Å². The van der Waals surface area contributed by atoms with Gasteiger partial charge in [0, 0.05) is 21.1 Å². The average molecular weight is 1090 g/mol. The van der Waals surface area contributed by atoms with Crippen molar-refractivity contribution < 1.29 is 25.8 Å². The first-order valence-corrected chi connectivity index (χ1v) is 23.0. The van der Waals surface area contributed by atoms with Crippen molar-refractivity contribution >= 4 is 68.1 Å². The van der Waals surface area contributed by atoms with E-state index in [0.717, 1.165) is 34.3 Å². The van der Waals surface area contributed by atoms with Crippen molar-refractivity contribution in [2.24, 2.45) is 0 Å². The maximum absolute atomic E-state index is 6.70. The monoisotopic (exact) mass is 1100 g/mol. The molecule has 0 saturated heterocycles. The minimum Gasteiger partial charge on any atom is -0.0561 e. The van der Waals surface area contributed by atoms with Crippen LogP contribution in [0.3, 0.4) is 0 Å². The Balaban J connectivity index is 0.00000514. The zero-order valence-corrected chi connectivity index (χ0v) is 40.9. The summed E-state index contributed by atoms with van der Waals surface area (Å²) < 4.78 is 9.38. The number of fused-ring (bicyclic) bond motifs is 3.